The van der Waals surface area contributed by atoms with Crippen LogP contribution < -0.4 is 10.7 Å². The van der Waals surface area contributed by atoms with Crippen molar-refractivity contribution >= 4 is 11.8 Å². The Bertz CT molecular complexity index is 691. The van der Waals surface area contributed by atoms with E-state index in [1.807, 2.05) is 31.2 Å². The number of H-pyrrole nitrogens is 1. The van der Waals surface area contributed by atoms with Crippen molar-refractivity contribution in [1.82, 2.24) is 10.2 Å². The van der Waals surface area contributed by atoms with Crippen LogP contribution in [-0.4, -0.2) is 28.9 Å². The Labute approximate surface area is 114 Å². The van der Waals surface area contributed by atoms with Crippen LogP contribution in [0.4, 0.5) is 10.5 Å². The molecule has 1 amide bonds. The third kappa shape index (κ3) is 2.42. The second kappa shape index (κ2) is 4.84. The lowest BCUT2D eigenvalue weighted by Gasteiger charge is -2.13. The predicted molar refractivity (Wildman–Crippen MR) is 69.6 cm³/mol. The zero-order valence-electron chi connectivity index (χ0n) is 10.8. The fourth-order valence-corrected chi connectivity index (χ4v) is 2.18. The van der Waals surface area contributed by atoms with E-state index in [1.165, 1.54) is 0 Å². The minimum Gasteiger partial charge on any atom is -0.443 e. The van der Waals surface area contributed by atoms with Gasteiger partial charge in [0.25, 0.3) is 0 Å². The Morgan fingerprint density at radius 2 is 2.30 bits per heavy atom. The first-order valence-electron chi connectivity index (χ1n) is 6.21. The summed E-state index contributed by atoms with van der Waals surface area (Å²) in [7, 11) is 0. The van der Waals surface area contributed by atoms with Gasteiger partial charge in [0.15, 0.2) is 0 Å². The fraction of sp³-hybridized carbons (Fsp3) is 0.308. The summed E-state index contributed by atoms with van der Waals surface area (Å²) in [4.78, 5) is 24.3. The first-order valence-corrected chi connectivity index (χ1v) is 6.21. The van der Waals surface area contributed by atoms with E-state index in [-0.39, 0.29) is 18.4 Å². The van der Waals surface area contributed by atoms with Gasteiger partial charge in [-0.1, -0.05) is 12.1 Å². The molecule has 1 aliphatic rings. The van der Waals surface area contributed by atoms with Gasteiger partial charge < -0.3 is 9.15 Å². The molecule has 1 unspecified atom stereocenters. The number of nitrogens with zero attached hydrogens (tertiary/aromatic N) is 2. The summed E-state index contributed by atoms with van der Waals surface area (Å²) in [5.74, 6) is -0.376. The number of hydrogen-bond acceptors (Lipinski definition) is 5. The van der Waals surface area contributed by atoms with Crippen LogP contribution in [0.15, 0.2) is 33.5 Å². The van der Waals surface area contributed by atoms with Gasteiger partial charge in [-0.25, -0.2) is 14.7 Å². The van der Waals surface area contributed by atoms with Crippen molar-refractivity contribution in [2.45, 2.75) is 19.4 Å². The Morgan fingerprint density at radius 3 is 3.00 bits per heavy atom. The molecule has 0 radical (unpaired) electrons. The molecule has 0 bridgehead atoms. The smallest absolute Gasteiger partial charge is 0.434 e. The van der Waals surface area contributed by atoms with Crippen LogP contribution in [-0.2, 0) is 11.2 Å². The maximum absolute atomic E-state index is 11.9. The lowest BCUT2D eigenvalue weighted by molar-refractivity contribution is 0.137. The maximum Gasteiger partial charge on any atom is 0.434 e. The van der Waals surface area contributed by atoms with Crippen LogP contribution in [0.5, 0.6) is 0 Å². The average Bonchev–Trinajstić information content (AvgIpc) is 2.96. The highest BCUT2D eigenvalue weighted by Crippen LogP contribution is 2.23. The number of carbonyl (C=O) groups excluding carboxylic acids is 1. The predicted octanol–water partition coefficient (Wildman–Crippen LogP) is 1.24. The average molecular weight is 275 g/mol. The molecule has 0 saturated carbocycles. The Morgan fingerprint density at radius 1 is 1.45 bits per heavy atom. The molecule has 2 aromatic rings. The molecule has 1 aromatic heterocycles. The number of ether oxygens (including phenoxy) is 1. The highest BCUT2D eigenvalue weighted by atomic mass is 16.6. The topological polar surface area (TPSA) is 88.4 Å². The van der Waals surface area contributed by atoms with Crippen molar-refractivity contribution in [2.75, 3.05) is 11.4 Å². The molecule has 2 heterocycles. The second-order valence-corrected chi connectivity index (χ2v) is 4.67. The molecule has 7 heteroatoms. The molecule has 1 aliphatic heterocycles. The van der Waals surface area contributed by atoms with E-state index >= 15 is 0 Å². The van der Waals surface area contributed by atoms with Crippen molar-refractivity contribution in [3.05, 3.63) is 46.3 Å². The normalized spacial score (nSPS) is 18.4. The molecule has 1 N–H and O–H groups in total. The van der Waals surface area contributed by atoms with Crippen molar-refractivity contribution in [3.8, 4) is 0 Å². The summed E-state index contributed by atoms with van der Waals surface area (Å²) in [6, 6.07) is 7.61. The standard InChI is InChI=1S/C13H13N3O4/c1-8-3-2-4-9(5-8)16-7-10(19-13(16)18)6-11-14-15-12(17)20-11/h2-5,10H,6-7H2,1H3,(H,15,17). The molecular formula is C13H13N3O4. The number of rotatable bonds is 3. The number of aromatic amines is 1. The quantitative estimate of drug-likeness (QED) is 0.910. The molecule has 0 aliphatic carbocycles. The Balaban J connectivity index is 1.73. The zero-order valence-corrected chi connectivity index (χ0v) is 10.8. The van der Waals surface area contributed by atoms with Crippen LogP contribution in [0.3, 0.4) is 0 Å². The van der Waals surface area contributed by atoms with E-state index < -0.39 is 11.8 Å². The lowest BCUT2D eigenvalue weighted by Crippen LogP contribution is -2.25. The molecule has 1 saturated heterocycles. The molecule has 1 aromatic carbocycles. The summed E-state index contributed by atoms with van der Waals surface area (Å²) >= 11 is 0. The third-order valence-corrected chi connectivity index (χ3v) is 3.07. The van der Waals surface area contributed by atoms with Gasteiger partial charge in [0.05, 0.1) is 13.0 Å². The highest BCUT2D eigenvalue weighted by molar-refractivity contribution is 5.89. The molecule has 1 atom stereocenters. The number of amides is 1. The largest absolute Gasteiger partial charge is 0.443 e. The van der Waals surface area contributed by atoms with Gasteiger partial charge in [-0.15, -0.1) is 5.10 Å². The molecule has 0 spiro atoms. The minimum atomic E-state index is -0.611. The van der Waals surface area contributed by atoms with E-state index in [1.54, 1.807) is 4.90 Å². The number of benzene rings is 1. The molecular weight excluding hydrogens is 262 g/mol. The Hall–Kier alpha value is -2.57. The summed E-state index contributed by atoms with van der Waals surface area (Å²) < 4.78 is 10.1. The summed E-state index contributed by atoms with van der Waals surface area (Å²) in [6.45, 7) is 2.36. The number of cyclic esters (lactones) is 1. The SMILES string of the molecule is Cc1cccc(N2CC(Cc3n[nH]c(=O)o3)OC2=O)c1. The lowest BCUT2D eigenvalue weighted by atomic mass is 10.2. The van der Waals surface area contributed by atoms with Crippen LogP contribution in [0.1, 0.15) is 11.5 Å². The third-order valence-electron chi connectivity index (χ3n) is 3.07. The van der Waals surface area contributed by atoms with Gasteiger partial charge in [0, 0.05) is 5.69 Å². The number of nitrogens with one attached hydrogen (secondary N) is 1. The van der Waals surface area contributed by atoms with Crippen molar-refractivity contribution in [1.29, 1.82) is 0 Å². The Kier molecular flexibility index (Phi) is 3.02. The summed E-state index contributed by atoms with van der Waals surface area (Å²) in [5.41, 5.74) is 1.86. The van der Waals surface area contributed by atoms with Gasteiger partial charge in [0.2, 0.25) is 5.89 Å². The van der Waals surface area contributed by atoms with Crippen LogP contribution >= 0.6 is 0 Å². The van der Waals surface area contributed by atoms with Crippen molar-refractivity contribution in [3.63, 3.8) is 0 Å². The monoisotopic (exact) mass is 275 g/mol. The molecule has 20 heavy (non-hydrogen) atoms. The number of anilines is 1. The number of aromatic nitrogens is 2. The first-order chi connectivity index (χ1) is 9.61. The molecule has 7 nitrogen and oxygen atoms in total. The number of hydrogen-bond donors (Lipinski definition) is 1. The van der Waals surface area contributed by atoms with Crippen LogP contribution in [0.25, 0.3) is 0 Å². The van der Waals surface area contributed by atoms with E-state index in [4.69, 9.17) is 9.15 Å². The van der Waals surface area contributed by atoms with E-state index in [0.29, 0.717) is 6.54 Å². The molecule has 104 valence electrons. The second-order valence-electron chi connectivity index (χ2n) is 4.67. The summed E-state index contributed by atoms with van der Waals surface area (Å²) in [5, 5.41) is 5.88. The first kappa shape index (κ1) is 12.5. The van der Waals surface area contributed by atoms with Gasteiger partial charge in [-0.3, -0.25) is 4.90 Å². The molecule has 1 fully saturated rings. The van der Waals surface area contributed by atoms with E-state index in [0.717, 1.165) is 11.3 Å². The van der Waals surface area contributed by atoms with Gasteiger partial charge in [-0.2, -0.15) is 0 Å². The molecule has 3 rings (SSSR count). The van der Waals surface area contributed by atoms with E-state index in [2.05, 4.69) is 10.2 Å². The number of carbonyl (C=O) groups is 1. The highest BCUT2D eigenvalue weighted by Gasteiger charge is 2.33. The van der Waals surface area contributed by atoms with Crippen molar-refractivity contribution in [2.24, 2.45) is 0 Å². The number of aryl methyl sites for hydroxylation is 1. The van der Waals surface area contributed by atoms with Gasteiger partial charge >= 0.3 is 11.8 Å². The fourth-order valence-electron chi connectivity index (χ4n) is 2.18. The van der Waals surface area contributed by atoms with E-state index in [9.17, 15) is 9.59 Å². The van der Waals surface area contributed by atoms with Crippen LogP contribution in [0.2, 0.25) is 0 Å². The minimum absolute atomic E-state index is 0.235. The maximum atomic E-state index is 11.9. The zero-order chi connectivity index (χ0) is 14.1. The van der Waals surface area contributed by atoms with Gasteiger partial charge in [-0.05, 0) is 24.6 Å². The van der Waals surface area contributed by atoms with Gasteiger partial charge in [0.1, 0.15) is 6.10 Å². The summed E-state index contributed by atoms with van der Waals surface area (Å²) in [6.07, 6.45) is -0.514. The van der Waals surface area contributed by atoms with Crippen molar-refractivity contribution < 1.29 is 13.9 Å². The van der Waals surface area contributed by atoms with Crippen LogP contribution in [0, 0.1) is 6.92 Å².